The lowest BCUT2D eigenvalue weighted by Crippen LogP contribution is -2.45. The SMILES string of the molecule is CCCCCCCCCCCCCCCCCCCCCCCCCCCC(O)C(CO)NC(=O)CCCCCCCCCCCCCCCCCCC/C=C\CCCCCCCCCCCCCCCCCCCCOC(=O)CCCCCCCCCCCCCCCCCCC. The van der Waals surface area contributed by atoms with E-state index in [0.29, 0.717) is 25.9 Å². The van der Waals surface area contributed by atoms with Gasteiger partial charge >= 0.3 is 5.97 Å². The Morgan fingerprint density at radius 1 is 0.276 bits per heavy atom. The topological polar surface area (TPSA) is 95.9 Å². The summed E-state index contributed by atoms with van der Waals surface area (Å²) < 4.78 is 5.52. The Kier molecular flexibility index (Phi) is 86.7. The zero-order valence-electron chi connectivity index (χ0n) is 67.3. The van der Waals surface area contributed by atoms with Gasteiger partial charge in [0.2, 0.25) is 5.91 Å². The number of allylic oxidation sites excluding steroid dienone is 2. The Morgan fingerprint density at radius 2 is 0.480 bits per heavy atom. The number of esters is 1. The molecule has 6 nitrogen and oxygen atoms in total. The van der Waals surface area contributed by atoms with Gasteiger partial charge in [-0.3, -0.25) is 9.59 Å². The maximum Gasteiger partial charge on any atom is 0.305 e. The quantitative estimate of drug-likeness (QED) is 0.0320. The number of ether oxygens (including phenoxy) is 1. The van der Waals surface area contributed by atoms with Crippen LogP contribution in [0.5, 0.6) is 0 Å². The van der Waals surface area contributed by atoms with Crippen molar-refractivity contribution in [3.8, 4) is 0 Å². The summed E-state index contributed by atoms with van der Waals surface area (Å²) in [7, 11) is 0. The Labute approximate surface area is 616 Å². The van der Waals surface area contributed by atoms with Crippen LogP contribution in [-0.2, 0) is 14.3 Å². The first-order valence-corrected chi connectivity index (χ1v) is 45.9. The molecule has 0 aliphatic rings. The van der Waals surface area contributed by atoms with E-state index in [1.54, 1.807) is 0 Å². The van der Waals surface area contributed by atoms with Gasteiger partial charge in [0.1, 0.15) is 0 Å². The monoisotopic (exact) mass is 1380 g/mol. The van der Waals surface area contributed by atoms with E-state index in [1.165, 1.54) is 469 Å². The first kappa shape index (κ1) is 96.6. The number of aliphatic hydroxyl groups excluding tert-OH is 2. The van der Waals surface area contributed by atoms with E-state index in [-0.39, 0.29) is 18.5 Å². The summed E-state index contributed by atoms with van der Waals surface area (Å²) in [5.41, 5.74) is 0. The molecule has 0 aromatic carbocycles. The average molecular weight is 1380 g/mol. The largest absolute Gasteiger partial charge is 0.466 e. The van der Waals surface area contributed by atoms with Crippen molar-refractivity contribution in [3.05, 3.63) is 12.2 Å². The average Bonchev–Trinajstić information content (AvgIpc) is 1.57. The third-order valence-electron chi connectivity index (χ3n) is 22.1. The number of amides is 1. The predicted octanol–water partition coefficient (Wildman–Crippen LogP) is 31.0. The summed E-state index contributed by atoms with van der Waals surface area (Å²) in [6.07, 6.45) is 114. The number of nitrogens with one attached hydrogen (secondary N) is 1. The van der Waals surface area contributed by atoms with E-state index in [1.807, 2.05) is 0 Å². The van der Waals surface area contributed by atoms with Gasteiger partial charge in [0.05, 0.1) is 25.4 Å². The predicted molar refractivity (Wildman–Crippen MR) is 435 cm³/mol. The van der Waals surface area contributed by atoms with Crippen LogP contribution in [0.2, 0.25) is 0 Å². The summed E-state index contributed by atoms with van der Waals surface area (Å²) >= 11 is 0. The zero-order chi connectivity index (χ0) is 70.5. The van der Waals surface area contributed by atoms with Crippen molar-refractivity contribution in [3.63, 3.8) is 0 Å². The molecule has 0 aromatic heterocycles. The number of hydrogen-bond donors (Lipinski definition) is 3. The molecule has 0 spiro atoms. The lowest BCUT2D eigenvalue weighted by molar-refractivity contribution is -0.143. The highest BCUT2D eigenvalue weighted by Crippen LogP contribution is 2.22. The van der Waals surface area contributed by atoms with E-state index in [9.17, 15) is 19.8 Å². The van der Waals surface area contributed by atoms with Gasteiger partial charge in [-0.1, -0.05) is 488 Å². The van der Waals surface area contributed by atoms with Crippen molar-refractivity contribution in [2.45, 2.75) is 553 Å². The molecule has 0 aliphatic carbocycles. The molecule has 2 unspecified atom stereocenters. The van der Waals surface area contributed by atoms with Gasteiger partial charge in [-0.05, 0) is 51.4 Å². The minimum atomic E-state index is -0.663. The summed E-state index contributed by atoms with van der Waals surface area (Å²) in [6, 6.07) is -0.539. The van der Waals surface area contributed by atoms with Crippen molar-refractivity contribution >= 4 is 11.9 Å². The van der Waals surface area contributed by atoms with Crippen molar-refractivity contribution < 1.29 is 24.5 Å². The summed E-state index contributed by atoms with van der Waals surface area (Å²) in [5.74, 6) is 0.00451. The molecule has 1 amide bonds. The number of unbranched alkanes of at least 4 members (excludes halogenated alkanes) is 75. The highest BCUT2D eigenvalue weighted by molar-refractivity contribution is 5.76. The van der Waals surface area contributed by atoms with Gasteiger partial charge < -0.3 is 20.3 Å². The summed E-state index contributed by atoms with van der Waals surface area (Å²) in [4.78, 5) is 24.7. The molecule has 0 saturated carbocycles. The Bertz CT molecular complexity index is 1500. The normalized spacial score (nSPS) is 12.4. The third-order valence-corrected chi connectivity index (χ3v) is 22.1. The number of hydrogen-bond acceptors (Lipinski definition) is 5. The number of carbonyl (C=O) groups is 2. The second-order valence-corrected chi connectivity index (χ2v) is 32.0. The molecule has 0 radical (unpaired) electrons. The van der Waals surface area contributed by atoms with Crippen LogP contribution < -0.4 is 5.32 Å². The molecule has 2 atom stereocenters. The Balaban J connectivity index is 3.32. The fourth-order valence-electron chi connectivity index (χ4n) is 15.1. The maximum atomic E-state index is 12.6. The molecule has 98 heavy (non-hydrogen) atoms. The van der Waals surface area contributed by atoms with E-state index in [4.69, 9.17) is 4.74 Å². The van der Waals surface area contributed by atoms with Crippen LogP contribution in [0.4, 0.5) is 0 Å². The van der Waals surface area contributed by atoms with Crippen molar-refractivity contribution in [2.75, 3.05) is 13.2 Å². The van der Waals surface area contributed by atoms with E-state index < -0.39 is 12.1 Å². The fraction of sp³-hybridized carbons (Fsp3) is 0.957. The van der Waals surface area contributed by atoms with Crippen LogP contribution in [0.3, 0.4) is 0 Å². The van der Waals surface area contributed by atoms with Crippen molar-refractivity contribution in [1.29, 1.82) is 0 Å². The van der Waals surface area contributed by atoms with E-state index in [0.717, 1.165) is 38.5 Å². The van der Waals surface area contributed by atoms with Gasteiger partial charge in [-0.15, -0.1) is 0 Å². The van der Waals surface area contributed by atoms with Crippen LogP contribution in [0.15, 0.2) is 12.2 Å². The lowest BCUT2D eigenvalue weighted by Gasteiger charge is -2.22. The van der Waals surface area contributed by atoms with Gasteiger partial charge in [0, 0.05) is 12.8 Å². The van der Waals surface area contributed by atoms with Crippen molar-refractivity contribution in [2.24, 2.45) is 0 Å². The second kappa shape index (κ2) is 88.0. The lowest BCUT2D eigenvalue weighted by atomic mass is 10.0. The van der Waals surface area contributed by atoms with Gasteiger partial charge in [0.15, 0.2) is 0 Å². The first-order chi connectivity index (χ1) is 48.5. The van der Waals surface area contributed by atoms with E-state index in [2.05, 4.69) is 31.3 Å². The Morgan fingerprint density at radius 3 is 0.724 bits per heavy atom. The second-order valence-electron chi connectivity index (χ2n) is 32.0. The highest BCUT2D eigenvalue weighted by Gasteiger charge is 2.20. The fourth-order valence-corrected chi connectivity index (χ4v) is 15.1. The molecule has 0 saturated heterocycles. The minimum Gasteiger partial charge on any atom is -0.466 e. The molecule has 6 heteroatoms. The molecule has 0 bridgehead atoms. The van der Waals surface area contributed by atoms with Crippen LogP contribution in [0.1, 0.15) is 540 Å². The highest BCUT2D eigenvalue weighted by atomic mass is 16.5. The Hall–Kier alpha value is -1.40. The molecule has 3 N–H and O–H groups in total. The number of aliphatic hydroxyl groups is 2. The molecule has 584 valence electrons. The molecule has 0 heterocycles. The third kappa shape index (κ3) is 83.5. The molecule has 0 aromatic rings. The smallest absolute Gasteiger partial charge is 0.305 e. The van der Waals surface area contributed by atoms with Gasteiger partial charge in [-0.25, -0.2) is 0 Å². The standard InChI is InChI=1S/C92H181NO5/c1-3-5-7-9-11-13-15-17-19-21-22-23-24-40-43-46-49-53-56-60-64-68-72-76-80-84-90(95)89(88-94)93-91(96)85-81-77-73-69-65-61-57-54-50-47-44-41-38-36-34-32-30-28-26-25-27-29-31-33-35-37-39-42-45-48-51-55-59-63-67-71-75-79-83-87-98-92(97)86-82-78-74-70-66-62-58-52-20-18-16-14-12-10-8-6-4-2/h25-26,89-90,94-95H,3-24,27-88H2,1-2H3,(H,93,96)/b26-25-. The summed E-state index contributed by atoms with van der Waals surface area (Å²) in [5, 5.41) is 23.5. The van der Waals surface area contributed by atoms with Gasteiger partial charge in [-0.2, -0.15) is 0 Å². The minimum absolute atomic E-state index is 0.0235. The maximum absolute atomic E-state index is 12.6. The summed E-state index contributed by atoms with van der Waals surface area (Å²) in [6.45, 7) is 5.03. The number of carbonyl (C=O) groups excluding carboxylic acids is 2. The molecular formula is C92H181NO5. The van der Waals surface area contributed by atoms with Gasteiger partial charge in [0.25, 0.3) is 0 Å². The molecule has 0 rings (SSSR count). The van der Waals surface area contributed by atoms with E-state index >= 15 is 0 Å². The first-order valence-electron chi connectivity index (χ1n) is 45.9. The van der Waals surface area contributed by atoms with Crippen LogP contribution in [0.25, 0.3) is 0 Å². The molecular weight excluding hydrogens is 1200 g/mol. The van der Waals surface area contributed by atoms with Crippen LogP contribution in [-0.4, -0.2) is 47.4 Å². The van der Waals surface area contributed by atoms with Crippen LogP contribution in [0, 0.1) is 0 Å². The zero-order valence-corrected chi connectivity index (χ0v) is 67.3. The van der Waals surface area contributed by atoms with Crippen LogP contribution >= 0.6 is 0 Å². The molecule has 0 aliphatic heterocycles. The van der Waals surface area contributed by atoms with Crippen molar-refractivity contribution in [1.82, 2.24) is 5.32 Å². The molecule has 0 fully saturated rings. The number of rotatable bonds is 88.